The summed E-state index contributed by atoms with van der Waals surface area (Å²) in [5.74, 6) is 3.84. The highest BCUT2D eigenvalue weighted by molar-refractivity contribution is 9.11. The SMILES string of the molecule is C#C/C=C\C/C=C\CC(c1ccccc1/C=C(\C)Br)C1CCNCC1. The van der Waals surface area contributed by atoms with Crippen molar-refractivity contribution in [3.05, 3.63) is 64.2 Å². The summed E-state index contributed by atoms with van der Waals surface area (Å²) in [6.07, 6.45) is 20.3. The van der Waals surface area contributed by atoms with Crippen LogP contribution in [0.5, 0.6) is 0 Å². The molecule has 0 amide bonds. The molecule has 132 valence electrons. The van der Waals surface area contributed by atoms with E-state index >= 15 is 0 Å². The molecule has 0 radical (unpaired) electrons. The zero-order valence-electron chi connectivity index (χ0n) is 15.0. The van der Waals surface area contributed by atoms with E-state index in [1.165, 1.54) is 28.5 Å². The molecule has 1 N–H and O–H groups in total. The molecule has 0 saturated carbocycles. The van der Waals surface area contributed by atoms with Gasteiger partial charge in [0, 0.05) is 0 Å². The Balaban J connectivity index is 2.21. The van der Waals surface area contributed by atoms with Gasteiger partial charge in [-0.2, -0.15) is 0 Å². The highest BCUT2D eigenvalue weighted by Gasteiger charge is 2.25. The third-order valence-corrected chi connectivity index (χ3v) is 4.97. The Morgan fingerprint density at radius 1 is 1.28 bits per heavy atom. The predicted octanol–water partition coefficient (Wildman–Crippen LogP) is 6.05. The molecular weight excluding hydrogens is 370 g/mol. The van der Waals surface area contributed by atoms with Crippen LogP contribution in [0, 0.1) is 18.3 Å². The summed E-state index contributed by atoms with van der Waals surface area (Å²) in [7, 11) is 0. The van der Waals surface area contributed by atoms with Crippen molar-refractivity contribution in [3.63, 3.8) is 0 Å². The average Bonchev–Trinajstić information content (AvgIpc) is 2.62. The Bertz CT molecular complexity index is 653. The van der Waals surface area contributed by atoms with Gasteiger partial charge in [-0.15, -0.1) is 6.42 Å². The third kappa shape index (κ3) is 6.69. The summed E-state index contributed by atoms with van der Waals surface area (Å²) in [6.45, 7) is 4.35. The minimum atomic E-state index is 0.564. The summed E-state index contributed by atoms with van der Waals surface area (Å²) in [5.41, 5.74) is 2.80. The molecule has 0 aliphatic carbocycles. The summed E-state index contributed by atoms with van der Waals surface area (Å²) in [5, 5.41) is 3.49. The van der Waals surface area contributed by atoms with Crippen LogP contribution in [0.15, 0.2) is 53.1 Å². The Labute approximate surface area is 161 Å². The molecule has 2 heteroatoms. The maximum atomic E-state index is 5.25. The van der Waals surface area contributed by atoms with E-state index < -0.39 is 0 Å². The van der Waals surface area contributed by atoms with Gasteiger partial charge in [0.25, 0.3) is 0 Å². The molecule has 1 aliphatic rings. The molecule has 1 aromatic carbocycles. The lowest BCUT2D eigenvalue weighted by Crippen LogP contribution is -2.31. The van der Waals surface area contributed by atoms with Crippen molar-refractivity contribution >= 4 is 22.0 Å². The van der Waals surface area contributed by atoms with Crippen LogP contribution >= 0.6 is 15.9 Å². The van der Waals surface area contributed by atoms with E-state index in [1.54, 1.807) is 6.08 Å². The molecule has 1 fully saturated rings. The fraction of sp³-hybridized carbons (Fsp3) is 0.391. The number of benzene rings is 1. The Morgan fingerprint density at radius 3 is 2.76 bits per heavy atom. The molecule has 25 heavy (non-hydrogen) atoms. The zero-order chi connectivity index (χ0) is 17.9. The largest absolute Gasteiger partial charge is 0.317 e. The van der Waals surface area contributed by atoms with Gasteiger partial charge >= 0.3 is 0 Å². The molecule has 1 aromatic rings. The minimum absolute atomic E-state index is 0.564. The molecule has 2 rings (SSSR count). The van der Waals surface area contributed by atoms with Gasteiger partial charge in [-0.05, 0) is 85.3 Å². The van der Waals surface area contributed by atoms with E-state index in [4.69, 9.17) is 6.42 Å². The first-order chi connectivity index (χ1) is 12.2. The van der Waals surface area contributed by atoms with Crippen LogP contribution < -0.4 is 5.32 Å². The second kappa shape index (κ2) is 11.1. The van der Waals surface area contributed by atoms with Gasteiger partial charge in [-0.1, -0.05) is 64.3 Å². The Kier molecular flexibility index (Phi) is 8.80. The van der Waals surface area contributed by atoms with Gasteiger partial charge in [0.1, 0.15) is 0 Å². The summed E-state index contributed by atoms with van der Waals surface area (Å²) < 4.78 is 1.17. The van der Waals surface area contributed by atoms with Crippen LogP contribution in [-0.2, 0) is 0 Å². The summed E-state index contributed by atoms with van der Waals surface area (Å²) >= 11 is 3.59. The second-order valence-electron chi connectivity index (χ2n) is 6.57. The van der Waals surface area contributed by atoms with E-state index in [9.17, 15) is 0 Å². The highest BCUT2D eigenvalue weighted by Crippen LogP contribution is 2.36. The van der Waals surface area contributed by atoms with Gasteiger partial charge in [0.2, 0.25) is 0 Å². The second-order valence-corrected chi connectivity index (χ2v) is 7.82. The van der Waals surface area contributed by atoms with E-state index in [2.05, 4.69) is 76.6 Å². The van der Waals surface area contributed by atoms with Gasteiger partial charge in [0.15, 0.2) is 0 Å². The Morgan fingerprint density at radius 2 is 2.04 bits per heavy atom. The lowest BCUT2D eigenvalue weighted by molar-refractivity contribution is 0.318. The first-order valence-electron chi connectivity index (χ1n) is 9.12. The number of hydrogen-bond donors (Lipinski definition) is 1. The molecule has 1 aliphatic heterocycles. The molecule has 1 atom stereocenters. The van der Waals surface area contributed by atoms with Crippen molar-refractivity contribution < 1.29 is 0 Å². The van der Waals surface area contributed by atoms with E-state index in [0.29, 0.717) is 5.92 Å². The van der Waals surface area contributed by atoms with E-state index in [1.807, 2.05) is 6.08 Å². The van der Waals surface area contributed by atoms with Gasteiger partial charge in [-0.25, -0.2) is 0 Å². The number of halogens is 1. The molecule has 1 saturated heterocycles. The number of nitrogens with one attached hydrogen (secondary N) is 1. The average molecular weight is 398 g/mol. The lowest BCUT2D eigenvalue weighted by Gasteiger charge is -2.31. The van der Waals surface area contributed by atoms with Crippen LogP contribution in [0.2, 0.25) is 0 Å². The Hall–Kier alpha value is -1.56. The molecule has 0 aromatic heterocycles. The number of terminal acetylenes is 1. The third-order valence-electron chi connectivity index (χ3n) is 4.75. The lowest BCUT2D eigenvalue weighted by atomic mass is 9.77. The van der Waals surface area contributed by atoms with Crippen LogP contribution in [0.4, 0.5) is 0 Å². The number of rotatable bonds is 7. The monoisotopic (exact) mass is 397 g/mol. The maximum absolute atomic E-state index is 5.25. The van der Waals surface area contributed by atoms with Gasteiger partial charge in [-0.3, -0.25) is 0 Å². The fourth-order valence-electron chi connectivity index (χ4n) is 3.57. The summed E-state index contributed by atoms with van der Waals surface area (Å²) in [4.78, 5) is 0. The van der Waals surface area contributed by atoms with Crippen molar-refractivity contribution in [2.45, 2.75) is 38.5 Å². The van der Waals surface area contributed by atoms with E-state index in [0.717, 1.165) is 31.8 Å². The van der Waals surface area contributed by atoms with Gasteiger partial charge in [0.05, 0.1) is 0 Å². The van der Waals surface area contributed by atoms with E-state index in [-0.39, 0.29) is 0 Å². The molecule has 1 unspecified atom stereocenters. The topological polar surface area (TPSA) is 12.0 Å². The van der Waals surface area contributed by atoms with Crippen molar-refractivity contribution in [1.82, 2.24) is 5.32 Å². The molecule has 0 spiro atoms. The zero-order valence-corrected chi connectivity index (χ0v) is 16.6. The minimum Gasteiger partial charge on any atom is -0.317 e. The quantitative estimate of drug-likeness (QED) is 0.435. The molecular formula is C23H28BrN. The number of piperidine rings is 1. The first kappa shape index (κ1) is 19.8. The molecule has 0 bridgehead atoms. The van der Waals surface area contributed by atoms with Crippen molar-refractivity contribution in [2.75, 3.05) is 13.1 Å². The van der Waals surface area contributed by atoms with Gasteiger partial charge < -0.3 is 5.32 Å². The maximum Gasteiger partial charge on any atom is -0.00460 e. The fourth-order valence-corrected chi connectivity index (χ4v) is 3.81. The standard InChI is InChI=1S/C23H28BrN/c1-3-4-5-6-7-8-12-22(20-14-16-25-17-15-20)23-13-10-9-11-21(23)18-19(2)24/h1,4-5,7-11,13,18,20,22,25H,6,12,14-17H2,2H3/b5-4-,8-7-,19-18+. The smallest absolute Gasteiger partial charge is 0.00460 e. The van der Waals surface area contributed by atoms with Crippen LogP contribution in [-0.4, -0.2) is 13.1 Å². The van der Waals surface area contributed by atoms with Crippen molar-refractivity contribution in [1.29, 1.82) is 0 Å². The normalized spacial score (nSPS) is 17.9. The molecule has 1 heterocycles. The first-order valence-corrected chi connectivity index (χ1v) is 9.91. The number of hydrogen-bond acceptors (Lipinski definition) is 1. The summed E-state index contributed by atoms with van der Waals surface area (Å²) in [6, 6.07) is 8.84. The van der Waals surface area contributed by atoms with Crippen LogP contribution in [0.25, 0.3) is 6.08 Å². The number of allylic oxidation sites excluding steroid dienone is 5. The highest BCUT2D eigenvalue weighted by atomic mass is 79.9. The molecule has 1 nitrogen and oxygen atoms in total. The van der Waals surface area contributed by atoms with Crippen LogP contribution in [0.1, 0.15) is 49.7 Å². The van der Waals surface area contributed by atoms with Crippen LogP contribution in [0.3, 0.4) is 0 Å². The van der Waals surface area contributed by atoms with Crippen molar-refractivity contribution in [2.24, 2.45) is 5.92 Å². The van der Waals surface area contributed by atoms with Crippen molar-refractivity contribution in [3.8, 4) is 12.3 Å². The predicted molar refractivity (Wildman–Crippen MR) is 114 cm³/mol.